The zero-order valence-corrected chi connectivity index (χ0v) is 12.0. The third-order valence-corrected chi connectivity index (χ3v) is 3.19. The van der Waals surface area contributed by atoms with Crippen molar-refractivity contribution in [2.24, 2.45) is 0 Å². The summed E-state index contributed by atoms with van der Waals surface area (Å²) in [6.45, 7) is 0. The molecule has 1 aromatic carbocycles. The summed E-state index contributed by atoms with van der Waals surface area (Å²) in [6, 6.07) is 5.45. The average Bonchev–Trinajstić information content (AvgIpc) is 2.40. The third-order valence-electron chi connectivity index (χ3n) is 2.72. The quantitative estimate of drug-likeness (QED) is 0.598. The van der Waals surface area contributed by atoms with Crippen LogP contribution < -0.4 is 0 Å². The number of benzene rings is 1. The first kappa shape index (κ1) is 15.6. The van der Waals surface area contributed by atoms with Crippen molar-refractivity contribution < 1.29 is 22.4 Å². The molecule has 2 rings (SSSR count). The summed E-state index contributed by atoms with van der Waals surface area (Å²) >= 11 is 3.18. The van der Waals surface area contributed by atoms with Crippen LogP contribution in [-0.2, 0) is 12.6 Å². The summed E-state index contributed by atoms with van der Waals surface area (Å²) in [7, 11) is 0. The fourth-order valence-electron chi connectivity index (χ4n) is 1.69. The molecular weight excluding hydrogens is 354 g/mol. The molecule has 0 aliphatic rings. The van der Waals surface area contributed by atoms with Crippen molar-refractivity contribution >= 4 is 21.7 Å². The molecule has 0 radical (unpaired) electrons. The number of alkyl halides is 3. The largest absolute Gasteiger partial charge is 0.419 e. The van der Waals surface area contributed by atoms with Gasteiger partial charge in [-0.3, -0.25) is 9.78 Å². The minimum atomic E-state index is -4.84. The number of hydrogen-bond acceptors (Lipinski definition) is 2. The summed E-state index contributed by atoms with van der Waals surface area (Å²) in [5.41, 5.74) is -1.23. The van der Waals surface area contributed by atoms with Crippen LogP contribution in [0.15, 0.2) is 41.0 Å². The third kappa shape index (κ3) is 3.87. The lowest BCUT2D eigenvalue weighted by Gasteiger charge is -2.09. The Morgan fingerprint density at radius 3 is 2.48 bits per heavy atom. The van der Waals surface area contributed by atoms with Crippen molar-refractivity contribution in [2.45, 2.75) is 12.6 Å². The monoisotopic (exact) mass is 361 g/mol. The molecule has 0 N–H and O–H groups in total. The highest BCUT2D eigenvalue weighted by Crippen LogP contribution is 2.32. The van der Waals surface area contributed by atoms with Crippen molar-refractivity contribution in [1.29, 1.82) is 0 Å². The summed E-state index contributed by atoms with van der Waals surface area (Å²) in [4.78, 5) is 15.9. The van der Waals surface area contributed by atoms with Gasteiger partial charge in [-0.25, -0.2) is 4.39 Å². The molecule has 1 aromatic heterocycles. The Morgan fingerprint density at radius 1 is 1.19 bits per heavy atom. The highest BCUT2D eigenvalue weighted by atomic mass is 79.9. The van der Waals surface area contributed by atoms with E-state index in [1.54, 1.807) is 12.1 Å². The molecule has 110 valence electrons. The summed E-state index contributed by atoms with van der Waals surface area (Å²) in [5.74, 6) is -1.96. The Morgan fingerprint density at radius 2 is 1.90 bits per heavy atom. The number of hydrogen-bond donors (Lipinski definition) is 0. The fraction of sp³-hybridized carbons (Fsp3) is 0.143. The topological polar surface area (TPSA) is 30.0 Å². The molecule has 1 heterocycles. The number of carbonyl (C=O) groups excluding carboxylic acids is 1. The second-order valence-corrected chi connectivity index (χ2v) is 5.18. The fourth-order valence-corrected chi connectivity index (χ4v) is 1.93. The van der Waals surface area contributed by atoms with Crippen LogP contribution in [0.3, 0.4) is 0 Å². The molecule has 2 nitrogen and oxygen atoms in total. The Hall–Kier alpha value is -1.76. The maximum atomic E-state index is 13.2. The van der Waals surface area contributed by atoms with Crippen LogP contribution in [0.2, 0.25) is 0 Å². The summed E-state index contributed by atoms with van der Waals surface area (Å²) in [6.07, 6.45) is -3.51. The summed E-state index contributed by atoms with van der Waals surface area (Å²) < 4.78 is 51.7. The van der Waals surface area contributed by atoms with E-state index in [0.29, 0.717) is 17.8 Å². The number of nitrogens with zero attached hydrogens (tertiary/aromatic N) is 1. The lowest BCUT2D eigenvalue weighted by molar-refractivity contribution is -0.140. The van der Waals surface area contributed by atoms with Gasteiger partial charge in [0.2, 0.25) is 0 Å². The molecule has 0 spiro atoms. The smallest absolute Gasteiger partial charge is 0.294 e. The Labute approximate surface area is 125 Å². The second kappa shape index (κ2) is 5.93. The molecule has 0 fully saturated rings. The number of halogens is 5. The number of Topliss-reactive ketones (excluding diaryl/α,β-unsaturated/α-hetero) is 1. The van der Waals surface area contributed by atoms with Crippen LogP contribution in [0.4, 0.5) is 17.6 Å². The SMILES string of the molecule is O=C(Cc1ccc(Br)cn1)c1ccc(F)c(C(F)(F)F)c1. The number of pyridine rings is 1. The molecule has 0 saturated heterocycles. The van der Waals surface area contributed by atoms with Crippen molar-refractivity contribution in [2.75, 3.05) is 0 Å². The van der Waals surface area contributed by atoms with Gasteiger partial charge in [0.25, 0.3) is 0 Å². The van der Waals surface area contributed by atoms with Gasteiger partial charge in [-0.15, -0.1) is 0 Å². The first-order valence-electron chi connectivity index (χ1n) is 5.78. The van der Waals surface area contributed by atoms with E-state index in [0.717, 1.165) is 10.5 Å². The number of ketones is 1. The van der Waals surface area contributed by atoms with E-state index in [1.807, 2.05) is 0 Å². The number of aromatic nitrogens is 1. The average molecular weight is 362 g/mol. The lowest BCUT2D eigenvalue weighted by Crippen LogP contribution is -2.11. The standard InChI is InChI=1S/C14H8BrF4NO/c15-9-2-3-10(20-7-9)6-13(21)8-1-4-12(16)11(5-8)14(17,18)19/h1-5,7H,6H2. The van der Waals surface area contributed by atoms with E-state index in [1.165, 1.54) is 6.20 Å². The summed E-state index contributed by atoms with van der Waals surface area (Å²) in [5, 5.41) is 0. The number of carbonyl (C=O) groups is 1. The molecule has 0 aliphatic carbocycles. The van der Waals surface area contributed by atoms with Gasteiger partial charge in [-0.05, 0) is 46.3 Å². The van der Waals surface area contributed by atoms with Crippen molar-refractivity contribution in [3.8, 4) is 0 Å². The van der Waals surface area contributed by atoms with Gasteiger partial charge >= 0.3 is 6.18 Å². The van der Waals surface area contributed by atoms with E-state index < -0.39 is 23.3 Å². The molecule has 7 heteroatoms. The van der Waals surface area contributed by atoms with Crippen LogP contribution in [0.5, 0.6) is 0 Å². The van der Waals surface area contributed by atoms with Gasteiger partial charge in [0, 0.05) is 21.9 Å². The number of rotatable bonds is 3. The predicted octanol–water partition coefficient (Wildman–Crippen LogP) is 4.43. The lowest BCUT2D eigenvalue weighted by atomic mass is 10.0. The molecule has 0 saturated carbocycles. The highest BCUT2D eigenvalue weighted by Gasteiger charge is 2.34. The normalized spacial score (nSPS) is 11.5. The zero-order valence-electron chi connectivity index (χ0n) is 10.4. The van der Waals surface area contributed by atoms with Crippen molar-refractivity contribution in [3.63, 3.8) is 0 Å². The Kier molecular flexibility index (Phi) is 4.41. The molecule has 0 unspecified atom stereocenters. The molecule has 0 atom stereocenters. The Balaban J connectivity index is 2.25. The van der Waals surface area contributed by atoms with Gasteiger partial charge < -0.3 is 0 Å². The maximum absolute atomic E-state index is 13.2. The van der Waals surface area contributed by atoms with Crippen LogP contribution >= 0.6 is 15.9 Å². The van der Waals surface area contributed by atoms with Gasteiger partial charge in [0.05, 0.1) is 12.0 Å². The molecule has 0 bridgehead atoms. The minimum absolute atomic E-state index is 0.157. The second-order valence-electron chi connectivity index (χ2n) is 4.26. The van der Waals surface area contributed by atoms with Crippen LogP contribution in [-0.4, -0.2) is 10.8 Å². The van der Waals surface area contributed by atoms with Crippen LogP contribution in [0.1, 0.15) is 21.6 Å². The molecule has 2 aromatic rings. The highest BCUT2D eigenvalue weighted by molar-refractivity contribution is 9.10. The minimum Gasteiger partial charge on any atom is -0.294 e. The van der Waals surface area contributed by atoms with Crippen molar-refractivity contribution in [3.05, 3.63) is 63.6 Å². The van der Waals surface area contributed by atoms with E-state index in [4.69, 9.17) is 0 Å². The van der Waals surface area contributed by atoms with E-state index >= 15 is 0 Å². The molecular formula is C14H8BrF4NO. The predicted molar refractivity (Wildman–Crippen MR) is 71.4 cm³/mol. The molecule has 0 aliphatic heterocycles. The van der Waals surface area contributed by atoms with E-state index in [2.05, 4.69) is 20.9 Å². The van der Waals surface area contributed by atoms with E-state index in [-0.39, 0.29) is 12.0 Å². The van der Waals surface area contributed by atoms with Gasteiger partial charge in [0.15, 0.2) is 5.78 Å². The van der Waals surface area contributed by atoms with Crippen molar-refractivity contribution in [1.82, 2.24) is 4.98 Å². The van der Waals surface area contributed by atoms with Crippen LogP contribution in [0.25, 0.3) is 0 Å². The maximum Gasteiger partial charge on any atom is 0.419 e. The molecule has 21 heavy (non-hydrogen) atoms. The Bertz CT molecular complexity index is 668. The van der Waals surface area contributed by atoms with E-state index in [9.17, 15) is 22.4 Å². The van der Waals surface area contributed by atoms with Gasteiger partial charge in [-0.1, -0.05) is 0 Å². The van der Waals surface area contributed by atoms with Gasteiger partial charge in [-0.2, -0.15) is 13.2 Å². The van der Waals surface area contributed by atoms with Gasteiger partial charge in [0.1, 0.15) is 5.82 Å². The zero-order chi connectivity index (χ0) is 15.6. The first-order chi connectivity index (χ1) is 9.77. The molecule has 0 amide bonds. The first-order valence-corrected chi connectivity index (χ1v) is 6.57. The van der Waals surface area contributed by atoms with Crippen LogP contribution in [0, 0.1) is 5.82 Å².